The van der Waals surface area contributed by atoms with Gasteiger partial charge < -0.3 is 19.7 Å². The predicted octanol–water partition coefficient (Wildman–Crippen LogP) is 2.62. The first-order chi connectivity index (χ1) is 14.0. The van der Waals surface area contributed by atoms with E-state index in [1.54, 1.807) is 14.2 Å². The molecule has 0 bridgehead atoms. The fourth-order valence-electron chi connectivity index (χ4n) is 3.81. The van der Waals surface area contributed by atoms with Crippen LogP contribution in [0.4, 0.5) is 0 Å². The van der Waals surface area contributed by atoms with E-state index in [-0.39, 0.29) is 18.0 Å². The Morgan fingerprint density at radius 3 is 2.55 bits per heavy atom. The molecule has 2 N–H and O–H groups in total. The van der Waals surface area contributed by atoms with E-state index in [1.807, 2.05) is 25.1 Å². The van der Waals surface area contributed by atoms with E-state index in [4.69, 9.17) is 9.47 Å². The maximum Gasteiger partial charge on any atom is 0.230 e. The van der Waals surface area contributed by atoms with Gasteiger partial charge in [-0.2, -0.15) is 4.52 Å². The minimum atomic E-state index is -0.277. The molecule has 1 aliphatic heterocycles. The third-order valence-corrected chi connectivity index (χ3v) is 6.47. The van der Waals surface area contributed by atoms with Crippen molar-refractivity contribution in [1.82, 2.24) is 19.5 Å². The van der Waals surface area contributed by atoms with Gasteiger partial charge >= 0.3 is 0 Å². The summed E-state index contributed by atoms with van der Waals surface area (Å²) in [6.07, 6.45) is 1.84. The van der Waals surface area contributed by atoms with Gasteiger partial charge in [0, 0.05) is 19.5 Å². The van der Waals surface area contributed by atoms with Crippen LogP contribution in [-0.4, -0.2) is 63.1 Å². The van der Waals surface area contributed by atoms with Crippen molar-refractivity contribution in [2.24, 2.45) is 0 Å². The van der Waals surface area contributed by atoms with Crippen molar-refractivity contribution in [2.75, 3.05) is 27.3 Å². The smallest absolute Gasteiger partial charge is 0.230 e. The number of rotatable bonds is 6. The number of aliphatic hydroxyl groups is 1. The number of aromatic nitrogens is 3. The van der Waals surface area contributed by atoms with E-state index in [1.165, 1.54) is 15.9 Å². The van der Waals surface area contributed by atoms with Gasteiger partial charge in [-0.3, -0.25) is 4.90 Å². The zero-order valence-electron chi connectivity index (χ0n) is 16.8. The van der Waals surface area contributed by atoms with Crippen LogP contribution in [0, 0.1) is 0 Å². The number of aliphatic hydroxyl groups excluding tert-OH is 1. The van der Waals surface area contributed by atoms with Gasteiger partial charge in [-0.25, -0.2) is 4.98 Å². The normalized spacial score (nSPS) is 17.0. The molecule has 0 radical (unpaired) electrons. The number of nitrogens with zero attached hydrogens (tertiary/aromatic N) is 4. The standard InChI is InChI=1S/C20H26N4O4S/c1-4-16-21-20-24(22-16)19(26)18(29-20)17(23-9-7-13(25)8-10-23)12-5-6-14(27-2)15(11-12)28-3/h5-6,11,13,17,25-26H,4,7-10H2,1-3H3/t17-/m0/s1. The Bertz CT molecular complexity index is 994. The van der Waals surface area contributed by atoms with Crippen LogP contribution in [0.15, 0.2) is 18.2 Å². The van der Waals surface area contributed by atoms with E-state index >= 15 is 0 Å². The summed E-state index contributed by atoms with van der Waals surface area (Å²) in [5.74, 6) is 2.12. The van der Waals surface area contributed by atoms with E-state index in [9.17, 15) is 10.2 Å². The highest BCUT2D eigenvalue weighted by molar-refractivity contribution is 7.17. The number of hydrogen-bond donors (Lipinski definition) is 2. The quantitative estimate of drug-likeness (QED) is 0.636. The van der Waals surface area contributed by atoms with Crippen molar-refractivity contribution in [1.29, 1.82) is 0 Å². The summed E-state index contributed by atoms with van der Waals surface area (Å²) in [5, 5.41) is 25.3. The highest BCUT2D eigenvalue weighted by Crippen LogP contribution is 2.42. The first-order valence-corrected chi connectivity index (χ1v) is 10.6. The number of methoxy groups -OCH3 is 2. The third-order valence-electron chi connectivity index (χ3n) is 5.40. The Morgan fingerprint density at radius 1 is 1.21 bits per heavy atom. The molecule has 8 nitrogen and oxygen atoms in total. The zero-order chi connectivity index (χ0) is 20.5. The van der Waals surface area contributed by atoms with Gasteiger partial charge in [-0.05, 0) is 30.5 Å². The first-order valence-electron chi connectivity index (χ1n) is 9.77. The molecule has 3 aromatic rings. The minimum Gasteiger partial charge on any atom is -0.493 e. The van der Waals surface area contributed by atoms with E-state index in [0.29, 0.717) is 41.5 Å². The Kier molecular flexibility index (Phi) is 5.62. The number of hydrogen-bond acceptors (Lipinski definition) is 8. The molecular formula is C20H26N4O4S. The molecule has 1 atom stereocenters. The van der Waals surface area contributed by atoms with Crippen LogP contribution in [-0.2, 0) is 6.42 Å². The maximum atomic E-state index is 11.0. The largest absolute Gasteiger partial charge is 0.493 e. The molecule has 4 rings (SSSR count). The number of likely N-dealkylation sites (tertiary alicyclic amines) is 1. The van der Waals surface area contributed by atoms with Gasteiger partial charge in [0.1, 0.15) is 0 Å². The van der Waals surface area contributed by atoms with Crippen LogP contribution in [0.2, 0.25) is 0 Å². The Labute approximate surface area is 173 Å². The lowest BCUT2D eigenvalue weighted by molar-refractivity contribution is 0.0689. The molecule has 156 valence electrons. The second kappa shape index (κ2) is 8.17. The van der Waals surface area contributed by atoms with Gasteiger partial charge in [0.2, 0.25) is 10.8 Å². The van der Waals surface area contributed by atoms with Crippen LogP contribution in [0.1, 0.15) is 42.1 Å². The Balaban J connectivity index is 1.81. The molecule has 0 amide bonds. The van der Waals surface area contributed by atoms with Crippen LogP contribution in [0.25, 0.3) is 4.96 Å². The molecule has 1 saturated heterocycles. The number of aryl methyl sites for hydroxylation is 1. The molecule has 0 spiro atoms. The maximum absolute atomic E-state index is 11.0. The van der Waals surface area contributed by atoms with E-state index < -0.39 is 0 Å². The third kappa shape index (κ3) is 3.65. The first kappa shape index (κ1) is 19.9. The highest BCUT2D eigenvalue weighted by Gasteiger charge is 2.32. The lowest BCUT2D eigenvalue weighted by Crippen LogP contribution is -2.38. The van der Waals surface area contributed by atoms with Gasteiger partial charge in [0.05, 0.1) is 31.2 Å². The molecule has 0 saturated carbocycles. The van der Waals surface area contributed by atoms with Gasteiger partial charge in [0.25, 0.3) is 0 Å². The topological polar surface area (TPSA) is 92.4 Å². The summed E-state index contributed by atoms with van der Waals surface area (Å²) >= 11 is 1.44. The monoisotopic (exact) mass is 418 g/mol. The summed E-state index contributed by atoms with van der Waals surface area (Å²) < 4.78 is 12.4. The number of fused-ring (bicyclic) bond motifs is 1. The number of benzene rings is 1. The van der Waals surface area contributed by atoms with Crippen molar-refractivity contribution in [3.63, 3.8) is 0 Å². The van der Waals surface area contributed by atoms with Crippen LogP contribution >= 0.6 is 11.3 Å². The number of thiazole rings is 1. The predicted molar refractivity (Wildman–Crippen MR) is 110 cm³/mol. The lowest BCUT2D eigenvalue weighted by Gasteiger charge is -2.36. The second-order valence-corrected chi connectivity index (χ2v) is 8.16. The lowest BCUT2D eigenvalue weighted by atomic mass is 9.99. The van der Waals surface area contributed by atoms with E-state index in [0.717, 1.165) is 23.5 Å². The van der Waals surface area contributed by atoms with Crippen molar-refractivity contribution in [2.45, 2.75) is 38.3 Å². The molecule has 0 unspecified atom stereocenters. The summed E-state index contributed by atoms with van der Waals surface area (Å²) in [4.78, 5) is 8.25. The fourth-order valence-corrected chi connectivity index (χ4v) is 4.95. The highest BCUT2D eigenvalue weighted by atomic mass is 32.1. The Morgan fingerprint density at radius 2 is 1.93 bits per heavy atom. The number of ether oxygens (including phenoxy) is 2. The van der Waals surface area contributed by atoms with Crippen molar-refractivity contribution in [3.8, 4) is 17.4 Å². The van der Waals surface area contributed by atoms with Crippen LogP contribution in [0.5, 0.6) is 17.4 Å². The number of piperidine rings is 1. The summed E-state index contributed by atoms with van der Waals surface area (Å²) in [6.45, 7) is 3.45. The van der Waals surface area contributed by atoms with Crippen molar-refractivity contribution in [3.05, 3.63) is 34.5 Å². The molecule has 1 aromatic carbocycles. The summed E-state index contributed by atoms with van der Waals surface area (Å²) in [6, 6.07) is 5.62. The SMILES string of the molecule is CCc1nc2sc([C@H](c3ccc(OC)c(OC)c3)N3CCC(O)CC3)c(O)n2n1. The average molecular weight is 419 g/mol. The Hall–Kier alpha value is -2.36. The minimum absolute atomic E-state index is 0.114. The van der Waals surface area contributed by atoms with Crippen molar-refractivity contribution < 1.29 is 19.7 Å². The molecule has 29 heavy (non-hydrogen) atoms. The summed E-state index contributed by atoms with van der Waals surface area (Å²) in [5.41, 5.74) is 0.981. The average Bonchev–Trinajstić information content (AvgIpc) is 3.28. The zero-order valence-corrected chi connectivity index (χ0v) is 17.6. The molecule has 3 heterocycles. The molecule has 1 aliphatic rings. The van der Waals surface area contributed by atoms with Crippen LogP contribution in [0.3, 0.4) is 0 Å². The van der Waals surface area contributed by atoms with Crippen molar-refractivity contribution >= 4 is 16.3 Å². The summed E-state index contributed by atoms with van der Waals surface area (Å²) in [7, 11) is 3.22. The number of aromatic hydroxyl groups is 1. The molecule has 2 aromatic heterocycles. The van der Waals surface area contributed by atoms with E-state index in [2.05, 4.69) is 15.0 Å². The molecule has 1 fully saturated rings. The van der Waals surface area contributed by atoms with Crippen LogP contribution < -0.4 is 9.47 Å². The van der Waals surface area contributed by atoms with Gasteiger partial charge in [-0.15, -0.1) is 5.10 Å². The van der Waals surface area contributed by atoms with Gasteiger partial charge in [0.15, 0.2) is 17.3 Å². The molecule has 9 heteroatoms. The molecular weight excluding hydrogens is 392 g/mol. The molecule has 0 aliphatic carbocycles. The fraction of sp³-hybridized carbons (Fsp3) is 0.500. The second-order valence-electron chi connectivity index (χ2n) is 7.15. The van der Waals surface area contributed by atoms with Gasteiger partial charge in [-0.1, -0.05) is 24.3 Å².